The highest BCUT2D eigenvalue weighted by Gasteiger charge is 2.57. The van der Waals surface area contributed by atoms with Crippen LogP contribution < -0.4 is 5.73 Å². The van der Waals surface area contributed by atoms with E-state index in [2.05, 4.69) is 6.92 Å². The molecule has 2 N–H and O–H groups in total. The summed E-state index contributed by atoms with van der Waals surface area (Å²) in [7, 11) is 0. The van der Waals surface area contributed by atoms with E-state index in [9.17, 15) is 0 Å². The lowest BCUT2D eigenvalue weighted by atomic mass is 9.74. The van der Waals surface area contributed by atoms with Crippen molar-refractivity contribution in [1.82, 2.24) is 0 Å². The van der Waals surface area contributed by atoms with Crippen molar-refractivity contribution in [3.8, 4) is 0 Å². The van der Waals surface area contributed by atoms with Crippen LogP contribution in [-0.4, -0.2) is 6.04 Å². The second-order valence-corrected chi connectivity index (χ2v) is 5.80. The highest BCUT2D eigenvalue weighted by Crippen LogP contribution is 2.64. The van der Waals surface area contributed by atoms with Gasteiger partial charge in [-0.05, 0) is 62.2 Å². The van der Waals surface area contributed by atoms with Crippen LogP contribution in [-0.2, 0) is 0 Å². The fraction of sp³-hybridized carbons (Fsp3) is 1.00. The van der Waals surface area contributed by atoms with Gasteiger partial charge in [0.25, 0.3) is 0 Å². The minimum Gasteiger partial charge on any atom is -0.327 e. The Morgan fingerprint density at radius 3 is 2.38 bits per heavy atom. The van der Waals surface area contributed by atoms with Crippen molar-refractivity contribution in [2.45, 2.75) is 51.5 Å². The molecule has 0 aromatic rings. The second-order valence-electron chi connectivity index (χ2n) is 5.80. The summed E-state index contributed by atoms with van der Waals surface area (Å²) in [5, 5.41) is 0. The fourth-order valence-corrected chi connectivity index (χ4v) is 4.26. The molecule has 0 saturated heterocycles. The maximum absolute atomic E-state index is 6.14. The molecule has 0 aromatic heterocycles. The van der Waals surface area contributed by atoms with Gasteiger partial charge in [0.2, 0.25) is 0 Å². The fourth-order valence-electron chi connectivity index (χ4n) is 4.26. The van der Waals surface area contributed by atoms with E-state index in [1.807, 2.05) is 0 Å². The molecular weight excluding hydrogens is 158 g/mol. The average Bonchev–Trinajstić information content (AvgIpc) is 2.66. The van der Waals surface area contributed by atoms with E-state index in [0.29, 0.717) is 11.5 Å². The van der Waals surface area contributed by atoms with E-state index < -0.39 is 0 Å². The third-order valence-electron chi connectivity index (χ3n) is 5.21. The zero-order chi connectivity index (χ0) is 9.05. The first-order valence-electron chi connectivity index (χ1n) is 5.98. The Hall–Kier alpha value is -0.0400. The van der Waals surface area contributed by atoms with Gasteiger partial charge in [-0.25, -0.2) is 0 Å². The molecule has 4 atom stereocenters. The van der Waals surface area contributed by atoms with Crippen LogP contribution in [0.1, 0.15) is 45.4 Å². The topological polar surface area (TPSA) is 26.0 Å². The Bertz CT molecular complexity index is 217. The molecule has 3 aliphatic carbocycles. The average molecular weight is 179 g/mol. The van der Waals surface area contributed by atoms with Crippen LogP contribution in [0, 0.1) is 23.2 Å². The SMILES string of the molecule is CC(N)C1(C2CC3CCC2C3)CC1. The van der Waals surface area contributed by atoms with Gasteiger partial charge in [0, 0.05) is 6.04 Å². The van der Waals surface area contributed by atoms with Crippen molar-refractivity contribution < 1.29 is 0 Å². The molecular formula is C12H21N. The molecule has 4 unspecified atom stereocenters. The summed E-state index contributed by atoms with van der Waals surface area (Å²) in [5.74, 6) is 3.18. The normalized spacial score (nSPS) is 48.0. The summed E-state index contributed by atoms with van der Waals surface area (Å²) in [4.78, 5) is 0. The van der Waals surface area contributed by atoms with Crippen LogP contribution in [0.2, 0.25) is 0 Å². The number of hydrogen-bond acceptors (Lipinski definition) is 1. The maximum Gasteiger partial charge on any atom is 0.00697 e. The smallest absolute Gasteiger partial charge is 0.00697 e. The van der Waals surface area contributed by atoms with Gasteiger partial charge in [0.05, 0.1) is 0 Å². The minimum atomic E-state index is 0.455. The Balaban J connectivity index is 1.79. The Kier molecular flexibility index (Phi) is 1.59. The summed E-state index contributed by atoms with van der Waals surface area (Å²) in [6, 6.07) is 0.455. The second kappa shape index (κ2) is 2.50. The maximum atomic E-state index is 6.14. The van der Waals surface area contributed by atoms with Gasteiger partial charge in [0.15, 0.2) is 0 Å². The lowest BCUT2D eigenvalue weighted by Crippen LogP contribution is -2.36. The summed E-state index contributed by atoms with van der Waals surface area (Å²) in [5.41, 5.74) is 6.76. The molecule has 13 heavy (non-hydrogen) atoms. The monoisotopic (exact) mass is 179 g/mol. The molecule has 0 radical (unpaired) electrons. The van der Waals surface area contributed by atoms with E-state index in [1.165, 1.54) is 32.1 Å². The van der Waals surface area contributed by atoms with Gasteiger partial charge in [-0.3, -0.25) is 0 Å². The third-order valence-corrected chi connectivity index (χ3v) is 5.21. The molecule has 3 fully saturated rings. The van der Waals surface area contributed by atoms with Gasteiger partial charge in [-0.15, -0.1) is 0 Å². The number of rotatable bonds is 2. The predicted octanol–water partition coefficient (Wildman–Crippen LogP) is 2.55. The van der Waals surface area contributed by atoms with Crippen LogP contribution in [0.25, 0.3) is 0 Å². The zero-order valence-corrected chi connectivity index (χ0v) is 8.63. The predicted molar refractivity (Wildman–Crippen MR) is 54.3 cm³/mol. The van der Waals surface area contributed by atoms with E-state index in [1.54, 1.807) is 6.42 Å². The summed E-state index contributed by atoms with van der Waals surface area (Å²) in [6.45, 7) is 2.24. The molecule has 0 amide bonds. The first kappa shape index (κ1) is 8.28. The van der Waals surface area contributed by atoms with Gasteiger partial charge < -0.3 is 5.73 Å². The largest absolute Gasteiger partial charge is 0.327 e. The molecule has 3 saturated carbocycles. The van der Waals surface area contributed by atoms with Crippen LogP contribution in [0.4, 0.5) is 0 Å². The molecule has 0 heterocycles. The quantitative estimate of drug-likeness (QED) is 0.692. The first-order chi connectivity index (χ1) is 6.22. The molecule has 1 nitrogen and oxygen atoms in total. The summed E-state index contributed by atoms with van der Waals surface area (Å²) < 4.78 is 0. The highest BCUT2D eigenvalue weighted by atomic mass is 14.8. The van der Waals surface area contributed by atoms with Crippen molar-refractivity contribution in [2.75, 3.05) is 0 Å². The standard InChI is InChI=1S/C12H21N/c1-8(13)12(4-5-12)11-7-9-2-3-10(11)6-9/h8-11H,2-7,13H2,1H3. The number of hydrogen-bond donors (Lipinski definition) is 1. The molecule has 2 bridgehead atoms. The summed E-state index contributed by atoms with van der Waals surface area (Å²) >= 11 is 0. The Morgan fingerprint density at radius 2 is 2.00 bits per heavy atom. The van der Waals surface area contributed by atoms with Gasteiger partial charge in [-0.1, -0.05) is 6.42 Å². The van der Waals surface area contributed by atoms with E-state index >= 15 is 0 Å². The lowest BCUT2D eigenvalue weighted by molar-refractivity contribution is 0.181. The third kappa shape index (κ3) is 1.03. The van der Waals surface area contributed by atoms with Crippen molar-refractivity contribution in [3.63, 3.8) is 0 Å². The molecule has 3 rings (SSSR count). The minimum absolute atomic E-state index is 0.455. The van der Waals surface area contributed by atoms with Crippen LogP contribution >= 0.6 is 0 Å². The van der Waals surface area contributed by atoms with Gasteiger partial charge in [0.1, 0.15) is 0 Å². The van der Waals surface area contributed by atoms with E-state index in [0.717, 1.165) is 17.8 Å². The van der Waals surface area contributed by atoms with E-state index in [4.69, 9.17) is 5.73 Å². The van der Waals surface area contributed by atoms with Crippen molar-refractivity contribution >= 4 is 0 Å². The molecule has 74 valence electrons. The Morgan fingerprint density at radius 1 is 1.23 bits per heavy atom. The Labute approximate surface area is 81.1 Å². The molecule has 0 aromatic carbocycles. The van der Waals surface area contributed by atoms with Crippen molar-refractivity contribution in [3.05, 3.63) is 0 Å². The summed E-state index contributed by atoms with van der Waals surface area (Å²) in [6.07, 6.45) is 8.96. The molecule has 0 spiro atoms. The van der Waals surface area contributed by atoms with Crippen molar-refractivity contribution in [2.24, 2.45) is 28.9 Å². The van der Waals surface area contributed by atoms with E-state index in [-0.39, 0.29) is 0 Å². The van der Waals surface area contributed by atoms with Crippen LogP contribution in [0.15, 0.2) is 0 Å². The molecule has 0 aliphatic heterocycles. The highest BCUT2D eigenvalue weighted by molar-refractivity contribution is 5.09. The van der Waals surface area contributed by atoms with Gasteiger partial charge in [-0.2, -0.15) is 0 Å². The van der Waals surface area contributed by atoms with Crippen LogP contribution in [0.3, 0.4) is 0 Å². The van der Waals surface area contributed by atoms with Crippen molar-refractivity contribution in [1.29, 1.82) is 0 Å². The zero-order valence-electron chi connectivity index (χ0n) is 8.63. The van der Waals surface area contributed by atoms with Crippen LogP contribution in [0.5, 0.6) is 0 Å². The lowest BCUT2D eigenvalue weighted by Gasteiger charge is -2.33. The molecule has 3 aliphatic rings. The number of fused-ring (bicyclic) bond motifs is 2. The molecule has 1 heteroatoms. The first-order valence-corrected chi connectivity index (χ1v) is 5.98. The van der Waals surface area contributed by atoms with Gasteiger partial charge >= 0.3 is 0 Å². The number of nitrogens with two attached hydrogens (primary N) is 1.